The first-order valence-electron chi connectivity index (χ1n) is 6.02. The minimum Gasteiger partial charge on any atom is -0.301 e. The van der Waals surface area contributed by atoms with Gasteiger partial charge in [0.1, 0.15) is 0 Å². The summed E-state index contributed by atoms with van der Waals surface area (Å²) >= 11 is 3.27. The molecule has 0 radical (unpaired) electrons. The third kappa shape index (κ3) is 3.43. The van der Waals surface area contributed by atoms with Crippen LogP contribution in [0.2, 0.25) is 0 Å². The average molecular weight is 351 g/mol. The van der Waals surface area contributed by atoms with Crippen LogP contribution in [0.25, 0.3) is 0 Å². The van der Waals surface area contributed by atoms with E-state index in [9.17, 15) is 19.7 Å². The molecule has 1 aromatic carbocycles. The normalized spacial score (nSPS) is 10.4. The van der Waals surface area contributed by atoms with E-state index in [0.717, 1.165) is 15.2 Å². The van der Waals surface area contributed by atoms with Gasteiger partial charge >= 0.3 is 0 Å². The first kappa shape index (κ1) is 15.1. The number of aromatic nitrogens is 1. The monoisotopic (exact) mass is 350 g/mol. The van der Waals surface area contributed by atoms with E-state index >= 15 is 0 Å². The number of benzene rings is 1. The Morgan fingerprint density at radius 3 is 2.52 bits per heavy atom. The molecule has 0 aliphatic carbocycles. The van der Waals surface area contributed by atoms with Crippen LogP contribution < -0.4 is 5.56 Å². The first-order valence-corrected chi connectivity index (χ1v) is 6.82. The second-order valence-electron chi connectivity index (χ2n) is 4.50. The standard InChI is InChI=1S/C14H11BrN2O4/c1-9-6-12(17(20)21)7-16(14(9)19)8-13(18)10-2-4-11(15)5-3-10/h2-7H,8H2,1H3. The average Bonchev–Trinajstić information content (AvgIpc) is 2.44. The van der Waals surface area contributed by atoms with Crippen molar-refractivity contribution in [3.05, 3.63) is 72.6 Å². The lowest BCUT2D eigenvalue weighted by atomic mass is 10.1. The largest absolute Gasteiger partial charge is 0.301 e. The van der Waals surface area contributed by atoms with E-state index in [4.69, 9.17) is 0 Å². The van der Waals surface area contributed by atoms with E-state index in [0.29, 0.717) is 5.56 Å². The Morgan fingerprint density at radius 2 is 1.95 bits per heavy atom. The number of ketones is 1. The third-order valence-corrected chi connectivity index (χ3v) is 3.47. The first-order chi connectivity index (χ1) is 9.88. The molecule has 0 saturated heterocycles. The van der Waals surface area contributed by atoms with Crippen LogP contribution in [0.15, 0.2) is 45.8 Å². The van der Waals surface area contributed by atoms with Crippen molar-refractivity contribution in [2.45, 2.75) is 13.5 Å². The summed E-state index contributed by atoms with van der Waals surface area (Å²) in [6.45, 7) is 1.25. The molecule has 0 unspecified atom stereocenters. The maximum Gasteiger partial charge on any atom is 0.286 e. The molecule has 7 heteroatoms. The molecule has 2 rings (SSSR count). The van der Waals surface area contributed by atoms with Crippen LogP contribution >= 0.6 is 15.9 Å². The highest BCUT2D eigenvalue weighted by molar-refractivity contribution is 9.10. The number of hydrogen-bond donors (Lipinski definition) is 0. The summed E-state index contributed by atoms with van der Waals surface area (Å²) < 4.78 is 1.90. The van der Waals surface area contributed by atoms with Gasteiger partial charge < -0.3 is 4.57 Å². The van der Waals surface area contributed by atoms with Gasteiger partial charge in [0.15, 0.2) is 5.78 Å². The van der Waals surface area contributed by atoms with Crippen molar-refractivity contribution in [1.29, 1.82) is 0 Å². The molecule has 0 aliphatic heterocycles. The molecule has 0 atom stereocenters. The molecule has 0 bridgehead atoms. The lowest BCUT2D eigenvalue weighted by Gasteiger charge is -2.06. The Hall–Kier alpha value is -2.28. The highest BCUT2D eigenvalue weighted by Gasteiger charge is 2.14. The Labute approximate surface area is 128 Å². The van der Waals surface area contributed by atoms with Crippen LogP contribution in [-0.4, -0.2) is 15.3 Å². The van der Waals surface area contributed by atoms with Crippen molar-refractivity contribution >= 4 is 27.4 Å². The molecule has 0 N–H and O–H groups in total. The summed E-state index contributed by atoms with van der Waals surface area (Å²) in [5.74, 6) is -0.288. The van der Waals surface area contributed by atoms with Crippen LogP contribution in [0.1, 0.15) is 15.9 Å². The number of aryl methyl sites for hydroxylation is 1. The second kappa shape index (κ2) is 6.01. The summed E-state index contributed by atoms with van der Waals surface area (Å²) in [5.41, 5.74) is 0.0452. The number of carbonyl (C=O) groups excluding carboxylic acids is 1. The van der Waals surface area contributed by atoms with Crippen molar-refractivity contribution in [2.24, 2.45) is 0 Å². The molecule has 1 heterocycles. The van der Waals surface area contributed by atoms with Crippen molar-refractivity contribution in [1.82, 2.24) is 4.57 Å². The smallest absolute Gasteiger partial charge is 0.286 e. The number of hydrogen-bond acceptors (Lipinski definition) is 4. The topological polar surface area (TPSA) is 82.2 Å². The molecule has 0 amide bonds. The van der Waals surface area contributed by atoms with E-state index in [1.165, 1.54) is 13.0 Å². The maximum absolute atomic E-state index is 12.1. The van der Waals surface area contributed by atoms with Crippen LogP contribution in [0.5, 0.6) is 0 Å². The van der Waals surface area contributed by atoms with E-state index in [-0.39, 0.29) is 23.6 Å². The van der Waals surface area contributed by atoms with Crippen LogP contribution in [0.4, 0.5) is 5.69 Å². The lowest BCUT2D eigenvalue weighted by Crippen LogP contribution is -2.25. The Balaban J connectivity index is 2.35. The van der Waals surface area contributed by atoms with Crippen molar-refractivity contribution in [2.75, 3.05) is 0 Å². The highest BCUT2D eigenvalue weighted by Crippen LogP contribution is 2.13. The van der Waals surface area contributed by atoms with Gasteiger partial charge in [0.25, 0.3) is 11.2 Å². The minimum atomic E-state index is -0.590. The summed E-state index contributed by atoms with van der Waals surface area (Å²) in [4.78, 5) is 34.3. The van der Waals surface area contributed by atoms with Crippen LogP contribution in [0.3, 0.4) is 0 Å². The zero-order chi connectivity index (χ0) is 15.6. The molecule has 0 saturated carbocycles. The number of halogens is 1. The molecule has 21 heavy (non-hydrogen) atoms. The van der Waals surface area contributed by atoms with Crippen molar-refractivity contribution < 1.29 is 9.72 Å². The van der Waals surface area contributed by atoms with E-state index in [1.54, 1.807) is 24.3 Å². The van der Waals surface area contributed by atoms with E-state index in [1.807, 2.05) is 0 Å². The van der Waals surface area contributed by atoms with Gasteiger partial charge in [-0.25, -0.2) is 0 Å². The zero-order valence-electron chi connectivity index (χ0n) is 11.1. The van der Waals surface area contributed by atoms with Crippen molar-refractivity contribution in [3.8, 4) is 0 Å². The lowest BCUT2D eigenvalue weighted by molar-refractivity contribution is -0.385. The number of rotatable bonds is 4. The fraction of sp³-hybridized carbons (Fsp3) is 0.143. The number of Topliss-reactive ketones (excluding diaryl/α,β-unsaturated/α-hetero) is 1. The fourth-order valence-electron chi connectivity index (χ4n) is 1.86. The number of carbonyl (C=O) groups is 1. The van der Waals surface area contributed by atoms with E-state index in [2.05, 4.69) is 15.9 Å². The number of pyridine rings is 1. The number of nitro groups is 1. The molecule has 2 aromatic rings. The maximum atomic E-state index is 12.1. The zero-order valence-corrected chi connectivity index (χ0v) is 12.7. The Morgan fingerprint density at radius 1 is 1.33 bits per heavy atom. The molecule has 1 aromatic heterocycles. The molecule has 108 valence electrons. The predicted octanol–water partition coefficient (Wildman–Crippen LogP) is 2.71. The summed E-state index contributed by atoms with van der Waals surface area (Å²) in [6, 6.07) is 7.88. The van der Waals surface area contributed by atoms with Crippen LogP contribution in [0, 0.1) is 17.0 Å². The molecule has 0 aliphatic rings. The van der Waals surface area contributed by atoms with Gasteiger partial charge in [0.05, 0.1) is 17.7 Å². The SMILES string of the molecule is Cc1cc([N+](=O)[O-])cn(CC(=O)c2ccc(Br)cc2)c1=O. The highest BCUT2D eigenvalue weighted by atomic mass is 79.9. The summed E-state index contributed by atoms with van der Waals surface area (Å²) in [5, 5.41) is 10.8. The summed E-state index contributed by atoms with van der Waals surface area (Å²) in [7, 11) is 0. The van der Waals surface area contributed by atoms with Crippen LogP contribution in [-0.2, 0) is 6.54 Å². The Kier molecular flexibility index (Phi) is 4.32. The van der Waals surface area contributed by atoms with E-state index < -0.39 is 10.5 Å². The fourth-order valence-corrected chi connectivity index (χ4v) is 2.13. The number of nitrogens with zero attached hydrogens (tertiary/aromatic N) is 2. The molecular formula is C14H11BrN2O4. The van der Waals surface area contributed by atoms with Crippen molar-refractivity contribution in [3.63, 3.8) is 0 Å². The molecule has 0 spiro atoms. The van der Waals surface area contributed by atoms with Gasteiger partial charge in [-0.15, -0.1) is 0 Å². The molecule has 0 fully saturated rings. The van der Waals surface area contributed by atoms with Gasteiger partial charge in [-0.2, -0.15) is 0 Å². The molecule has 6 nitrogen and oxygen atoms in total. The van der Waals surface area contributed by atoms with Gasteiger partial charge in [0.2, 0.25) is 0 Å². The quantitative estimate of drug-likeness (QED) is 0.482. The third-order valence-electron chi connectivity index (χ3n) is 2.94. The predicted molar refractivity (Wildman–Crippen MR) is 80.6 cm³/mol. The van der Waals surface area contributed by atoms with Gasteiger partial charge in [0, 0.05) is 21.7 Å². The Bertz CT molecular complexity index is 766. The second-order valence-corrected chi connectivity index (χ2v) is 5.42. The van der Waals surface area contributed by atoms with Gasteiger partial charge in [-0.1, -0.05) is 28.1 Å². The minimum absolute atomic E-state index is 0.212. The summed E-state index contributed by atoms with van der Waals surface area (Å²) in [6.07, 6.45) is 1.09. The van der Waals surface area contributed by atoms with Gasteiger partial charge in [-0.05, 0) is 19.1 Å². The van der Waals surface area contributed by atoms with Gasteiger partial charge in [-0.3, -0.25) is 19.7 Å². The molecular weight excluding hydrogens is 340 g/mol.